The highest BCUT2D eigenvalue weighted by molar-refractivity contribution is 8.03. The van der Waals surface area contributed by atoms with Crippen molar-refractivity contribution in [2.24, 2.45) is 4.99 Å². The largest absolute Gasteiger partial charge is 0.473 e. The number of likely N-dealkylation sites (tertiary alicyclic amines) is 1. The van der Waals surface area contributed by atoms with E-state index in [2.05, 4.69) is 38.8 Å². The van der Waals surface area contributed by atoms with E-state index in [4.69, 9.17) is 14.2 Å². The third kappa shape index (κ3) is 7.18. The number of amides is 1. The van der Waals surface area contributed by atoms with E-state index in [-0.39, 0.29) is 24.2 Å². The van der Waals surface area contributed by atoms with Crippen molar-refractivity contribution in [1.82, 2.24) is 20.2 Å². The minimum Gasteiger partial charge on any atom is -0.473 e. The third-order valence-corrected chi connectivity index (χ3v) is 6.60. The number of nitrogens with zero attached hydrogens (tertiary/aromatic N) is 4. The molecule has 1 aromatic rings. The van der Waals surface area contributed by atoms with Crippen molar-refractivity contribution in [2.45, 2.75) is 63.9 Å². The van der Waals surface area contributed by atoms with Crippen molar-refractivity contribution >= 4 is 24.4 Å². The summed E-state index contributed by atoms with van der Waals surface area (Å²) in [5, 5.41) is 2.79. The summed E-state index contributed by atoms with van der Waals surface area (Å²) in [6, 6.07) is 2.10. The summed E-state index contributed by atoms with van der Waals surface area (Å²) in [4.78, 5) is 26.9. The molecule has 176 valence electrons. The average molecular weight is 464 g/mol. The van der Waals surface area contributed by atoms with E-state index < -0.39 is 0 Å². The standard InChI is InChI=1S/C22H33N5O4S/c1-15-8-17(11-27(15)12-18(10-23-3)32-14-26-16(2)28)30-21-9-22(25-13-24-21)31-20-7-5-6-19(20)29-4/h9-10,13,15,17,19-20H,3,5-8,11-12,14H2,1-2,4H3,(H,26,28)/b18-10-. The van der Waals surface area contributed by atoms with Gasteiger partial charge in [-0.05, 0) is 32.9 Å². The first-order valence-electron chi connectivity index (χ1n) is 10.9. The number of thioether (sulfide) groups is 1. The molecule has 9 nitrogen and oxygen atoms in total. The fourth-order valence-corrected chi connectivity index (χ4v) is 4.95. The fraction of sp³-hybridized carbons (Fsp3) is 0.636. The molecule has 0 radical (unpaired) electrons. The molecular formula is C22H33N5O4S. The maximum Gasteiger partial charge on any atom is 0.220 e. The molecule has 1 N–H and O–H groups in total. The minimum absolute atomic E-state index is 0.0170. The molecule has 3 rings (SSSR count). The molecule has 1 aliphatic carbocycles. The summed E-state index contributed by atoms with van der Waals surface area (Å²) in [7, 11) is 1.72. The van der Waals surface area contributed by atoms with Gasteiger partial charge in [-0.15, -0.1) is 11.8 Å². The van der Waals surface area contributed by atoms with E-state index in [1.54, 1.807) is 31.1 Å². The monoisotopic (exact) mass is 463 g/mol. The Kier molecular flexibility index (Phi) is 9.31. The van der Waals surface area contributed by atoms with Crippen molar-refractivity contribution in [3.8, 4) is 11.8 Å². The highest BCUT2D eigenvalue weighted by atomic mass is 32.2. The van der Waals surface area contributed by atoms with E-state index in [0.29, 0.717) is 23.7 Å². The second-order valence-corrected chi connectivity index (χ2v) is 9.21. The van der Waals surface area contributed by atoms with Gasteiger partial charge in [-0.2, -0.15) is 0 Å². The summed E-state index contributed by atoms with van der Waals surface area (Å²) >= 11 is 1.55. The Bertz CT molecular complexity index is 808. The topological polar surface area (TPSA) is 98.2 Å². The number of carbonyl (C=O) groups is 1. The Labute approximate surface area is 194 Å². The van der Waals surface area contributed by atoms with Crippen LogP contribution >= 0.6 is 11.8 Å². The van der Waals surface area contributed by atoms with Crippen LogP contribution in [0.25, 0.3) is 0 Å². The molecule has 10 heteroatoms. The zero-order valence-corrected chi connectivity index (χ0v) is 19.8. The normalized spacial score (nSPS) is 26.2. The van der Waals surface area contributed by atoms with Crippen LogP contribution in [0.4, 0.5) is 0 Å². The Morgan fingerprint density at radius 2 is 2.09 bits per heavy atom. The van der Waals surface area contributed by atoms with E-state index in [9.17, 15) is 4.79 Å². The molecule has 4 unspecified atom stereocenters. The molecule has 1 aliphatic heterocycles. The highest BCUT2D eigenvalue weighted by Gasteiger charge is 2.32. The first-order chi connectivity index (χ1) is 15.5. The maximum atomic E-state index is 11.1. The van der Waals surface area contributed by atoms with Crippen molar-refractivity contribution in [1.29, 1.82) is 0 Å². The molecule has 1 amide bonds. The van der Waals surface area contributed by atoms with Crippen LogP contribution in [-0.2, 0) is 9.53 Å². The molecule has 0 bridgehead atoms. The lowest BCUT2D eigenvalue weighted by molar-refractivity contribution is -0.118. The molecule has 2 fully saturated rings. The zero-order chi connectivity index (χ0) is 22.9. The lowest BCUT2D eigenvalue weighted by Gasteiger charge is -2.22. The van der Waals surface area contributed by atoms with Gasteiger partial charge in [0.1, 0.15) is 18.5 Å². The van der Waals surface area contributed by atoms with Crippen molar-refractivity contribution in [2.75, 3.05) is 26.1 Å². The fourth-order valence-electron chi connectivity index (χ4n) is 4.08. The van der Waals surface area contributed by atoms with Gasteiger partial charge in [0.15, 0.2) is 0 Å². The van der Waals surface area contributed by atoms with E-state index in [0.717, 1.165) is 43.7 Å². The molecule has 1 saturated carbocycles. The number of nitrogens with one attached hydrogen (secondary N) is 1. The first kappa shape index (κ1) is 24.5. The Morgan fingerprint density at radius 3 is 2.81 bits per heavy atom. The molecule has 1 aromatic heterocycles. The van der Waals surface area contributed by atoms with Crippen LogP contribution in [0.3, 0.4) is 0 Å². The van der Waals surface area contributed by atoms with Gasteiger partial charge in [0.2, 0.25) is 17.7 Å². The molecule has 0 spiro atoms. The van der Waals surface area contributed by atoms with E-state index >= 15 is 0 Å². The van der Waals surface area contributed by atoms with E-state index in [1.165, 1.54) is 13.3 Å². The Morgan fingerprint density at radius 1 is 1.34 bits per heavy atom. The van der Waals surface area contributed by atoms with Gasteiger partial charge >= 0.3 is 0 Å². The van der Waals surface area contributed by atoms with Gasteiger partial charge in [-0.3, -0.25) is 14.7 Å². The molecular weight excluding hydrogens is 430 g/mol. The summed E-state index contributed by atoms with van der Waals surface area (Å²) in [6.45, 7) is 8.74. The Hall–Kier alpha value is -2.17. The van der Waals surface area contributed by atoms with Crippen LogP contribution in [-0.4, -0.2) is 77.9 Å². The number of aromatic nitrogens is 2. The number of hydrogen-bond donors (Lipinski definition) is 1. The number of rotatable bonds is 11. The summed E-state index contributed by atoms with van der Waals surface area (Å²) < 4.78 is 17.7. The van der Waals surface area contributed by atoms with E-state index in [1.807, 2.05) is 0 Å². The summed E-state index contributed by atoms with van der Waals surface area (Å²) in [5.74, 6) is 1.49. The predicted octanol–water partition coefficient (Wildman–Crippen LogP) is 2.63. The quantitative estimate of drug-likeness (QED) is 0.395. The number of aliphatic imine (C=N–C) groups is 1. The molecule has 2 aliphatic rings. The van der Waals surface area contributed by atoms with Crippen molar-refractivity contribution < 1.29 is 19.0 Å². The van der Waals surface area contributed by atoms with Gasteiger partial charge in [0.25, 0.3) is 0 Å². The Balaban J connectivity index is 1.53. The molecule has 2 heterocycles. The van der Waals surface area contributed by atoms with Crippen LogP contribution in [0.2, 0.25) is 0 Å². The SMILES string of the molecule is C=N/C=C(/CN1CC(Oc2cc(OC3CCCC3OC)ncn2)CC1C)SCNC(C)=O. The maximum absolute atomic E-state index is 11.1. The van der Waals surface area contributed by atoms with Crippen LogP contribution < -0.4 is 14.8 Å². The van der Waals surface area contributed by atoms with Gasteiger partial charge < -0.3 is 19.5 Å². The summed E-state index contributed by atoms with van der Waals surface area (Å²) in [5.41, 5.74) is 0. The number of carbonyl (C=O) groups excluding carboxylic acids is 1. The number of ether oxygens (including phenoxy) is 3. The summed E-state index contributed by atoms with van der Waals surface area (Å²) in [6.07, 6.45) is 7.32. The van der Waals surface area contributed by atoms with Crippen molar-refractivity contribution in [3.63, 3.8) is 0 Å². The molecule has 1 saturated heterocycles. The van der Waals surface area contributed by atoms with Gasteiger partial charge in [-0.1, -0.05) is 0 Å². The van der Waals surface area contributed by atoms with Crippen LogP contribution in [0.15, 0.2) is 28.5 Å². The van der Waals surface area contributed by atoms with Crippen LogP contribution in [0, 0.1) is 0 Å². The lowest BCUT2D eigenvalue weighted by Crippen LogP contribution is -2.30. The van der Waals surface area contributed by atoms with Crippen LogP contribution in [0.1, 0.15) is 39.5 Å². The minimum atomic E-state index is -0.0507. The zero-order valence-electron chi connectivity index (χ0n) is 19.0. The second kappa shape index (κ2) is 12.2. The van der Waals surface area contributed by atoms with Gasteiger partial charge in [-0.25, -0.2) is 9.97 Å². The average Bonchev–Trinajstić information content (AvgIpc) is 3.34. The van der Waals surface area contributed by atoms with Crippen LogP contribution in [0.5, 0.6) is 11.8 Å². The van der Waals surface area contributed by atoms with Crippen molar-refractivity contribution in [3.05, 3.63) is 23.5 Å². The second-order valence-electron chi connectivity index (χ2n) is 8.11. The number of methoxy groups -OCH3 is 1. The van der Waals surface area contributed by atoms with Gasteiger partial charge in [0, 0.05) is 50.7 Å². The molecule has 4 atom stereocenters. The number of hydrogen-bond acceptors (Lipinski definition) is 9. The lowest BCUT2D eigenvalue weighted by atomic mass is 10.2. The first-order valence-corrected chi connectivity index (χ1v) is 11.9. The molecule has 32 heavy (non-hydrogen) atoms. The smallest absolute Gasteiger partial charge is 0.220 e. The van der Waals surface area contributed by atoms with Gasteiger partial charge in [0.05, 0.1) is 18.0 Å². The third-order valence-electron chi connectivity index (χ3n) is 5.71. The molecule has 0 aromatic carbocycles. The highest BCUT2D eigenvalue weighted by Crippen LogP contribution is 2.28. The predicted molar refractivity (Wildman–Crippen MR) is 125 cm³/mol.